The van der Waals surface area contributed by atoms with Gasteiger partial charge >= 0.3 is 5.97 Å². The average molecular weight is 454 g/mol. The largest absolute Gasteiger partial charge is 0.465 e. The van der Waals surface area contributed by atoms with Crippen molar-refractivity contribution in [2.45, 2.75) is 58.8 Å². The molecule has 180 valence electrons. The van der Waals surface area contributed by atoms with Crippen LogP contribution in [0.4, 0.5) is 11.8 Å². The van der Waals surface area contributed by atoms with Crippen LogP contribution in [-0.2, 0) is 28.8 Å². The molecule has 2 aromatic rings. The predicted molar refractivity (Wildman–Crippen MR) is 133 cm³/mol. The van der Waals surface area contributed by atoms with Crippen LogP contribution in [0.2, 0.25) is 0 Å². The average Bonchev–Trinajstić information content (AvgIpc) is 2.79. The van der Waals surface area contributed by atoms with Crippen molar-refractivity contribution < 1.29 is 9.53 Å². The predicted octanol–water partition coefficient (Wildman–Crippen LogP) is 3.79. The molecule has 1 aliphatic rings. The van der Waals surface area contributed by atoms with E-state index < -0.39 is 0 Å². The Balaban J connectivity index is 1.49. The van der Waals surface area contributed by atoms with Crippen molar-refractivity contribution in [3.8, 4) is 0 Å². The number of hydrogen-bond acceptors (Lipinski definition) is 7. The molecule has 3 N–H and O–H groups in total. The number of carbonyl (C=O) groups excluding carboxylic acids is 1. The molecule has 1 aliphatic heterocycles. The fraction of sp³-hybridized carbons (Fsp3) is 0.577. The van der Waals surface area contributed by atoms with Crippen LogP contribution < -0.4 is 11.1 Å². The first-order chi connectivity index (χ1) is 15.9. The Bertz CT molecular complexity index is 892. The number of unbranched alkanes of at least 4 members (excludes halogenated alkanes) is 1. The molecule has 0 atom stereocenters. The van der Waals surface area contributed by atoms with Crippen LogP contribution in [-0.4, -0.2) is 54.1 Å². The molecule has 7 nitrogen and oxygen atoms in total. The van der Waals surface area contributed by atoms with Gasteiger partial charge in [0.2, 0.25) is 5.95 Å². The van der Waals surface area contributed by atoms with E-state index in [-0.39, 0.29) is 5.97 Å². The number of nitrogens with zero attached hydrogens (tertiary/aromatic N) is 3. The van der Waals surface area contributed by atoms with Crippen LogP contribution in [0.25, 0.3) is 0 Å². The summed E-state index contributed by atoms with van der Waals surface area (Å²) >= 11 is 0. The number of nitrogen functional groups attached to an aromatic ring is 1. The Morgan fingerprint density at radius 1 is 1.15 bits per heavy atom. The summed E-state index contributed by atoms with van der Waals surface area (Å²) < 4.78 is 5.54. The minimum atomic E-state index is -0.140. The normalized spacial score (nSPS) is 14.9. The van der Waals surface area contributed by atoms with E-state index in [1.54, 1.807) is 0 Å². The van der Waals surface area contributed by atoms with Gasteiger partial charge in [0.1, 0.15) is 5.82 Å². The highest BCUT2D eigenvalue weighted by Crippen LogP contribution is 2.21. The molecule has 2 heterocycles. The second kappa shape index (κ2) is 12.5. The summed E-state index contributed by atoms with van der Waals surface area (Å²) in [6.07, 6.45) is 6.45. The summed E-state index contributed by atoms with van der Waals surface area (Å²) in [6.45, 7) is 7.74. The first-order valence-corrected chi connectivity index (χ1v) is 12.2. The van der Waals surface area contributed by atoms with E-state index in [1.165, 1.54) is 5.56 Å². The summed E-state index contributed by atoms with van der Waals surface area (Å²) in [5.74, 6) is 1.51. The highest BCUT2D eigenvalue weighted by molar-refractivity contribution is 5.72. The third-order valence-electron chi connectivity index (χ3n) is 6.41. The zero-order valence-electron chi connectivity index (χ0n) is 20.4. The van der Waals surface area contributed by atoms with E-state index in [2.05, 4.69) is 46.3 Å². The van der Waals surface area contributed by atoms with Gasteiger partial charge in [-0.15, -0.1) is 0 Å². The minimum Gasteiger partial charge on any atom is -0.465 e. The van der Waals surface area contributed by atoms with Crippen molar-refractivity contribution in [3.63, 3.8) is 0 Å². The number of piperidine rings is 1. The van der Waals surface area contributed by atoms with Gasteiger partial charge in [-0.2, -0.15) is 4.98 Å². The highest BCUT2D eigenvalue weighted by atomic mass is 16.5. The lowest BCUT2D eigenvalue weighted by Gasteiger charge is -2.28. The zero-order valence-corrected chi connectivity index (χ0v) is 20.4. The SMILES string of the molecule is CCCCNc1nc(N)nc(C)c1CCc1ccc(CC(=O)OCC2CCN(C)CC2)cc1. The molecule has 1 fully saturated rings. The Hall–Kier alpha value is -2.67. The van der Waals surface area contributed by atoms with Gasteiger partial charge in [-0.1, -0.05) is 37.6 Å². The summed E-state index contributed by atoms with van der Waals surface area (Å²) in [4.78, 5) is 23.4. The van der Waals surface area contributed by atoms with Gasteiger partial charge in [0.15, 0.2) is 0 Å². The van der Waals surface area contributed by atoms with E-state index in [0.717, 1.165) is 80.8 Å². The number of aryl methyl sites for hydroxylation is 2. The Morgan fingerprint density at radius 2 is 1.85 bits per heavy atom. The van der Waals surface area contributed by atoms with Crippen LogP contribution in [0.15, 0.2) is 24.3 Å². The molecule has 0 amide bonds. The van der Waals surface area contributed by atoms with Crippen LogP contribution in [0.5, 0.6) is 0 Å². The number of carbonyl (C=O) groups is 1. The van der Waals surface area contributed by atoms with Crippen molar-refractivity contribution in [2.24, 2.45) is 5.92 Å². The van der Waals surface area contributed by atoms with Crippen molar-refractivity contribution in [1.82, 2.24) is 14.9 Å². The molecule has 3 rings (SSSR count). The molecule has 0 aliphatic carbocycles. The molecule has 1 aromatic carbocycles. The summed E-state index contributed by atoms with van der Waals surface area (Å²) in [6, 6.07) is 8.24. The molecule has 7 heteroatoms. The van der Waals surface area contributed by atoms with Gasteiger partial charge in [-0.25, -0.2) is 4.98 Å². The highest BCUT2D eigenvalue weighted by Gasteiger charge is 2.18. The number of benzene rings is 1. The van der Waals surface area contributed by atoms with Gasteiger partial charge < -0.3 is 20.7 Å². The van der Waals surface area contributed by atoms with E-state index in [4.69, 9.17) is 10.5 Å². The molecule has 33 heavy (non-hydrogen) atoms. The van der Waals surface area contributed by atoms with Crippen LogP contribution in [0.3, 0.4) is 0 Å². The molecule has 0 saturated carbocycles. The molecule has 0 unspecified atom stereocenters. The lowest BCUT2D eigenvalue weighted by molar-refractivity contribution is -0.144. The number of nitrogens with two attached hydrogens (primary N) is 1. The van der Waals surface area contributed by atoms with Crippen molar-refractivity contribution in [1.29, 1.82) is 0 Å². The van der Waals surface area contributed by atoms with Gasteiger partial charge in [-0.3, -0.25) is 4.79 Å². The maximum atomic E-state index is 12.3. The summed E-state index contributed by atoms with van der Waals surface area (Å²) in [7, 11) is 2.14. The maximum Gasteiger partial charge on any atom is 0.310 e. The first kappa shape index (κ1) is 25.0. The molecule has 0 radical (unpaired) electrons. The number of hydrogen-bond donors (Lipinski definition) is 2. The van der Waals surface area contributed by atoms with E-state index >= 15 is 0 Å². The fourth-order valence-corrected chi connectivity index (χ4v) is 4.20. The number of anilines is 2. The minimum absolute atomic E-state index is 0.140. The number of likely N-dealkylation sites (tertiary alicyclic amines) is 1. The maximum absolute atomic E-state index is 12.3. The lowest BCUT2D eigenvalue weighted by atomic mass is 9.98. The quantitative estimate of drug-likeness (QED) is 0.395. The number of esters is 1. The van der Waals surface area contributed by atoms with Crippen LogP contribution >= 0.6 is 0 Å². The molecular weight excluding hydrogens is 414 g/mol. The lowest BCUT2D eigenvalue weighted by Crippen LogP contribution is -2.32. The van der Waals surface area contributed by atoms with E-state index in [0.29, 0.717) is 24.9 Å². The first-order valence-electron chi connectivity index (χ1n) is 12.2. The van der Waals surface area contributed by atoms with Gasteiger partial charge in [0.05, 0.1) is 13.0 Å². The Labute approximate surface area is 198 Å². The monoisotopic (exact) mass is 453 g/mol. The summed E-state index contributed by atoms with van der Waals surface area (Å²) in [5.41, 5.74) is 10.1. The molecule has 0 spiro atoms. The molecule has 1 aromatic heterocycles. The van der Waals surface area contributed by atoms with Crippen molar-refractivity contribution in [3.05, 3.63) is 46.6 Å². The molecule has 1 saturated heterocycles. The molecular formula is C26H39N5O2. The Kier molecular flexibility index (Phi) is 9.48. The standard InChI is InChI=1S/C26H39N5O2/c1-4-5-14-28-25-23(19(2)29-26(27)30-25)11-10-20-6-8-21(9-7-20)17-24(32)33-18-22-12-15-31(3)16-13-22/h6-9,22H,4-5,10-18H2,1-3H3,(H3,27,28,29,30). The summed E-state index contributed by atoms with van der Waals surface area (Å²) in [5, 5.41) is 3.42. The van der Waals surface area contributed by atoms with E-state index in [9.17, 15) is 4.79 Å². The molecule has 0 bridgehead atoms. The zero-order chi connectivity index (χ0) is 23.6. The van der Waals surface area contributed by atoms with Crippen molar-refractivity contribution >= 4 is 17.7 Å². The number of nitrogens with one attached hydrogen (secondary N) is 1. The van der Waals surface area contributed by atoms with Gasteiger partial charge in [0.25, 0.3) is 0 Å². The second-order valence-corrected chi connectivity index (χ2v) is 9.20. The topological polar surface area (TPSA) is 93.4 Å². The number of aromatic nitrogens is 2. The van der Waals surface area contributed by atoms with Gasteiger partial charge in [-0.05, 0) is 76.2 Å². The third kappa shape index (κ3) is 8.00. The van der Waals surface area contributed by atoms with Gasteiger partial charge in [0, 0.05) is 17.8 Å². The van der Waals surface area contributed by atoms with Crippen LogP contribution in [0.1, 0.15) is 55.0 Å². The number of rotatable bonds is 11. The number of ether oxygens (including phenoxy) is 1. The second-order valence-electron chi connectivity index (χ2n) is 9.20. The fourth-order valence-electron chi connectivity index (χ4n) is 4.20. The smallest absolute Gasteiger partial charge is 0.310 e. The van der Waals surface area contributed by atoms with E-state index in [1.807, 2.05) is 19.1 Å². The van der Waals surface area contributed by atoms with Crippen molar-refractivity contribution in [2.75, 3.05) is 44.3 Å². The Morgan fingerprint density at radius 3 is 2.55 bits per heavy atom. The van der Waals surface area contributed by atoms with Crippen LogP contribution in [0, 0.1) is 12.8 Å². The third-order valence-corrected chi connectivity index (χ3v) is 6.41.